The fourth-order valence-electron chi connectivity index (χ4n) is 8.50. The maximum atomic E-state index is 13.3. The van der Waals surface area contributed by atoms with Crippen molar-refractivity contribution < 1.29 is 43.0 Å². The van der Waals surface area contributed by atoms with Crippen LogP contribution in [0.1, 0.15) is 69.6 Å². The fourth-order valence-corrected chi connectivity index (χ4v) is 8.50. The van der Waals surface area contributed by atoms with Crippen molar-refractivity contribution in [3.8, 4) is 11.5 Å². The number of piperazine rings is 1. The molecule has 1 unspecified atom stereocenters. The molecular weight excluding hydrogens is 837 g/mol. The lowest BCUT2D eigenvalue weighted by molar-refractivity contribution is -0.136. The van der Waals surface area contributed by atoms with Crippen LogP contribution in [0.3, 0.4) is 0 Å². The van der Waals surface area contributed by atoms with Crippen molar-refractivity contribution in [3.63, 3.8) is 0 Å². The summed E-state index contributed by atoms with van der Waals surface area (Å²) in [7, 11) is 5.20. The maximum Gasteiger partial charge on any atom is 0.266 e. The Balaban J connectivity index is 0.737. The highest BCUT2D eigenvalue weighted by molar-refractivity contribution is 6.24. The van der Waals surface area contributed by atoms with Crippen LogP contribution in [0.15, 0.2) is 66.9 Å². The van der Waals surface area contributed by atoms with Gasteiger partial charge in [-0.2, -0.15) is 4.98 Å². The number of unbranched alkanes of at least 4 members (excludes halogenated alkanes) is 2. The summed E-state index contributed by atoms with van der Waals surface area (Å²) in [6, 6.07) is 16.7. The molecule has 4 aliphatic heterocycles. The molecule has 8 rings (SSSR count). The molecular formula is C46H50N10O9. The molecule has 6 amide bonds. The zero-order valence-electron chi connectivity index (χ0n) is 36.4. The molecule has 0 saturated carbocycles. The summed E-state index contributed by atoms with van der Waals surface area (Å²) in [5, 5.41) is 8.24. The van der Waals surface area contributed by atoms with Gasteiger partial charge in [-0.1, -0.05) is 24.6 Å². The van der Waals surface area contributed by atoms with Gasteiger partial charge in [0.05, 0.1) is 47.9 Å². The van der Waals surface area contributed by atoms with Gasteiger partial charge >= 0.3 is 0 Å². The predicted octanol–water partition coefficient (Wildman–Crippen LogP) is 3.43. The number of ether oxygens (including phenoxy) is 2. The average Bonchev–Trinajstić information content (AvgIpc) is 3.53. The third-order valence-electron chi connectivity index (χ3n) is 12.0. The van der Waals surface area contributed by atoms with Crippen LogP contribution in [0.25, 0.3) is 0 Å². The van der Waals surface area contributed by atoms with Crippen molar-refractivity contribution in [2.75, 3.05) is 87.1 Å². The second-order valence-corrected chi connectivity index (χ2v) is 16.2. The van der Waals surface area contributed by atoms with Crippen LogP contribution in [0.4, 0.5) is 34.5 Å². The number of hydrogen-bond acceptors (Lipinski definition) is 15. The molecule has 4 aromatic rings. The number of benzene rings is 3. The summed E-state index contributed by atoms with van der Waals surface area (Å²) in [6.45, 7) is 3.30. The van der Waals surface area contributed by atoms with Gasteiger partial charge in [-0.3, -0.25) is 48.7 Å². The normalized spacial score (nSPS) is 17.3. The number of para-hydroxylation sites is 1. The van der Waals surface area contributed by atoms with Gasteiger partial charge in [0.1, 0.15) is 29.0 Å². The van der Waals surface area contributed by atoms with Crippen molar-refractivity contribution >= 4 is 75.7 Å². The number of imide groups is 2. The number of nitrogens with zero attached hydrogens (tertiary/aromatic N) is 7. The lowest BCUT2D eigenvalue weighted by Crippen LogP contribution is -2.54. The number of amides is 6. The Morgan fingerprint density at radius 3 is 2.40 bits per heavy atom. The number of ketones is 1. The first-order valence-electron chi connectivity index (χ1n) is 21.6. The van der Waals surface area contributed by atoms with E-state index in [2.05, 4.69) is 30.7 Å². The lowest BCUT2D eigenvalue weighted by Gasteiger charge is -2.36. The minimum Gasteiger partial charge on any atom is -0.494 e. The summed E-state index contributed by atoms with van der Waals surface area (Å²) in [5.74, 6) is -1.32. The summed E-state index contributed by atoms with van der Waals surface area (Å²) in [4.78, 5) is 107. The molecule has 0 aliphatic carbocycles. The van der Waals surface area contributed by atoms with Gasteiger partial charge in [0, 0.05) is 71.4 Å². The molecule has 2 fully saturated rings. The Kier molecular flexibility index (Phi) is 13.0. The van der Waals surface area contributed by atoms with Crippen molar-refractivity contribution in [3.05, 3.63) is 83.6 Å². The van der Waals surface area contributed by atoms with E-state index in [1.54, 1.807) is 31.3 Å². The third-order valence-corrected chi connectivity index (χ3v) is 12.0. The monoisotopic (exact) mass is 886 g/mol. The van der Waals surface area contributed by atoms with Gasteiger partial charge in [0.15, 0.2) is 12.4 Å². The quantitative estimate of drug-likeness (QED) is 0.109. The zero-order chi connectivity index (χ0) is 45.8. The summed E-state index contributed by atoms with van der Waals surface area (Å²) < 4.78 is 11.4. The topological polar surface area (TPSA) is 216 Å². The highest BCUT2D eigenvalue weighted by Gasteiger charge is 2.46. The maximum absolute atomic E-state index is 13.3. The molecule has 0 spiro atoms. The number of piperidine rings is 1. The smallest absolute Gasteiger partial charge is 0.266 e. The first-order valence-corrected chi connectivity index (χ1v) is 21.6. The van der Waals surface area contributed by atoms with Crippen LogP contribution in [0, 0.1) is 0 Å². The van der Waals surface area contributed by atoms with E-state index < -0.39 is 35.6 Å². The van der Waals surface area contributed by atoms with Crippen molar-refractivity contribution in [1.29, 1.82) is 0 Å². The molecule has 3 N–H and O–H groups in total. The molecule has 2 saturated heterocycles. The van der Waals surface area contributed by atoms with E-state index in [0.717, 1.165) is 48.9 Å². The number of anilines is 6. The number of nitrogens with one attached hydrogen (secondary N) is 3. The van der Waals surface area contributed by atoms with E-state index in [9.17, 15) is 33.6 Å². The number of carbonyl (C=O) groups is 7. The molecule has 4 aliphatic rings. The summed E-state index contributed by atoms with van der Waals surface area (Å²) >= 11 is 0. The lowest BCUT2D eigenvalue weighted by atomic mass is 10.0. The molecule has 19 heteroatoms. The number of rotatable bonds is 16. The minimum absolute atomic E-state index is 0.00699. The van der Waals surface area contributed by atoms with E-state index in [1.165, 1.54) is 18.2 Å². The molecule has 65 heavy (non-hydrogen) atoms. The number of carbonyl (C=O) groups excluding carboxylic acids is 7. The van der Waals surface area contributed by atoms with Crippen molar-refractivity contribution in [2.45, 2.75) is 44.6 Å². The highest BCUT2D eigenvalue weighted by atomic mass is 16.5. The molecule has 1 atom stereocenters. The van der Waals surface area contributed by atoms with Crippen LogP contribution >= 0.6 is 0 Å². The third kappa shape index (κ3) is 9.31. The Bertz CT molecular complexity index is 2560. The van der Waals surface area contributed by atoms with Crippen LogP contribution in [0.5, 0.6) is 11.5 Å². The highest BCUT2D eigenvalue weighted by Crippen LogP contribution is 2.39. The van der Waals surface area contributed by atoms with Crippen LogP contribution in [-0.2, 0) is 19.2 Å². The van der Waals surface area contributed by atoms with Crippen LogP contribution < -0.4 is 40.1 Å². The van der Waals surface area contributed by atoms with Crippen molar-refractivity contribution in [1.82, 2.24) is 30.4 Å². The first kappa shape index (κ1) is 44.2. The van der Waals surface area contributed by atoms with E-state index in [0.29, 0.717) is 66.8 Å². The summed E-state index contributed by atoms with van der Waals surface area (Å²) in [6.07, 6.45) is 4.22. The first-order chi connectivity index (χ1) is 31.4. The standard InChI is InChI=1S/C46H50N10O9/c1-52-33-13-7-6-11-30(33)43(61)53(2)35-25-48-46(51-41(35)52)49-32-16-15-28(24-37(32)64-3)55-22-20-54(21-23-55)26-29(57)10-5-4-8-19-47-39(59)27-65-36-14-9-12-31-40(36)45(63)56(44(31)62)34-17-18-38(58)50-42(34)60/h6-7,9,11-16,24-25,34H,4-5,8,10,17-23,26-27H2,1-3H3,(H,47,59)(H,48,49,51)(H,50,58,60). The molecule has 5 heterocycles. The van der Waals surface area contributed by atoms with Crippen LogP contribution in [-0.4, -0.2) is 134 Å². The number of Topliss-reactive ketones (excluding diaryl/α,β-unsaturated/α-hetero) is 1. The molecule has 0 radical (unpaired) electrons. The molecule has 3 aromatic carbocycles. The Labute approximate surface area is 375 Å². The van der Waals surface area contributed by atoms with Gasteiger partial charge in [0.2, 0.25) is 17.8 Å². The Hall–Kier alpha value is -7.41. The molecule has 1 aromatic heterocycles. The number of methoxy groups -OCH3 is 1. The molecule has 19 nitrogen and oxygen atoms in total. The fraction of sp³-hybridized carbons (Fsp3) is 0.370. The van der Waals surface area contributed by atoms with Gasteiger partial charge in [0.25, 0.3) is 23.6 Å². The van der Waals surface area contributed by atoms with E-state index in [-0.39, 0.29) is 48.0 Å². The Morgan fingerprint density at radius 1 is 0.831 bits per heavy atom. The van der Waals surface area contributed by atoms with Crippen molar-refractivity contribution in [2.24, 2.45) is 0 Å². The van der Waals surface area contributed by atoms with Gasteiger partial charge in [-0.05, 0) is 55.7 Å². The van der Waals surface area contributed by atoms with E-state index in [1.807, 2.05) is 48.3 Å². The minimum atomic E-state index is -1.11. The predicted molar refractivity (Wildman–Crippen MR) is 239 cm³/mol. The Morgan fingerprint density at radius 2 is 1.62 bits per heavy atom. The number of fused-ring (bicyclic) bond motifs is 3. The number of hydrogen-bond donors (Lipinski definition) is 3. The number of aromatic nitrogens is 2. The molecule has 0 bridgehead atoms. The second-order valence-electron chi connectivity index (χ2n) is 16.2. The average molecular weight is 887 g/mol. The molecule has 338 valence electrons. The SMILES string of the molecule is COc1cc(N2CCN(CC(=O)CCCCCNC(=O)COc3cccc4c3C(=O)N(C3CCC(=O)NC3=O)C4=O)CC2)ccc1Nc1ncc2c(n1)N(C)c1ccccc1C(=O)N2C. The largest absolute Gasteiger partial charge is 0.494 e. The van der Waals surface area contributed by atoms with Gasteiger partial charge < -0.3 is 34.8 Å². The summed E-state index contributed by atoms with van der Waals surface area (Å²) in [5.41, 5.74) is 3.64. The second kappa shape index (κ2) is 19.1. The van der Waals surface area contributed by atoms with E-state index in [4.69, 9.17) is 14.5 Å². The van der Waals surface area contributed by atoms with E-state index >= 15 is 0 Å². The van der Waals surface area contributed by atoms with Crippen LogP contribution in [0.2, 0.25) is 0 Å². The van der Waals surface area contributed by atoms with Gasteiger partial charge in [-0.25, -0.2) is 4.98 Å². The van der Waals surface area contributed by atoms with Gasteiger partial charge in [-0.15, -0.1) is 0 Å². The zero-order valence-corrected chi connectivity index (χ0v) is 36.4.